The fraction of sp³-hybridized carbons (Fsp3) is 0.923. The fourth-order valence-corrected chi connectivity index (χ4v) is 6.40. The summed E-state index contributed by atoms with van der Waals surface area (Å²) in [6, 6.07) is 0.0779. The van der Waals surface area contributed by atoms with E-state index in [2.05, 4.69) is 5.32 Å². The van der Waals surface area contributed by atoms with E-state index in [-0.39, 0.29) is 41.2 Å². The number of carbonyl (C=O) groups excluding carboxylic acids is 1. The molecular formula is C13H23NO4S2. The van der Waals surface area contributed by atoms with Gasteiger partial charge < -0.3 is 10.4 Å². The molecule has 1 saturated carbocycles. The van der Waals surface area contributed by atoms with Gasteiger partial charge in [0.25, 0.3) is 0 Å². The molecule has 0 radical (unpaired) electrons. The molecule has 5 nitrogen and oxygen atoms in total. The van der Waals surface area contributed by atoms with Gasteiger partial charge in [-0.15, -0.1) is 11.8 Å². The number of nitrogens with one attached hydrogen (secondary N) is 1. The Hall–Kier alpha value is -0.270. The zero-order valence-corrected chi connectivity index (χ0v) is 13.2. The van der Waals surface area contributed by atoms with Gasteiger partial charge in [-0.05, 0) is 19.3 Å². The van der Waals surface area contributed by atoms with Crippen molar-refractivity contribution in [1.82, 2.24) is 5.32 Å². The number of amides is 1. The Morgan fingerprint density at radius 1 is 1.25 bits per heavy atom. The molecule has 0 aromatic carbocycles. The van der Waals surface area contributed by atoms with Crippen LogP contribution in [0.4, 0.5) is 0 Å². The average molecular weight is 321 g/mol. The van der Waals surface area contributed by atoms with E-state index in [0.717, 1.165) is 25.7 Å². The van der Waals surface area contributed by atoms with Crippen LogP contribution in [0.3, 0.4) is 0 Å². The summed E-state index contributed by atoms with van der Waals surface area (Å²) in [4.78, 5) is 11.9. The molecule has 0 bridgehead atoms. The van der Waals surface area contributed by atoms with Crippen LogP contribution in [0.1, 0.15) is 32.1 Å². The van der Waals surface area contributed by atoms with E-state index >= 15 is 0 Å². The van der Waals surface area contributed by atoms with Crippen LogP contribution in [0.25, 0.3) is 0 Å². The highest BCUT2D eigenvalue weighted by molar-refractivity contribution is 8.02. The second-order valence-electron chi connectivity index (χ2n) is 5.74. The predicted octanol–water partition coefficient (Wildman–Crippen LogP) is 0.574. The van der Waals surface area contributed by atoms with E-state index in [9.17, 15) is 18.3 Å². The number of thioether (sulfide) groups is 1. The van der Waals surface area contributed by atoms with Crippen molar-refractivity contribution in [1.29, 1.82) is 0 Å². The van der Waals surface area contributed by atoms with E-state index in [0.29, 0.717) is 12.2 Å². The average Bonchev–Trinajstić information content (AvgIpc) is 2.77. The van der Waals surface area contributed by atoms with Gasteiger partial charge in [-0.1, -0.05) is 12.8 Å². The molecule has 0 aromatic rings. The lowest BCUT2D eigenvalue weighted by Gasteiger charge is -2.30. The molecule has 1 aliphatic carbocycles. The molecule has 7 heteroatoms. The van der Waals surface area contributed by atoms with Crippen molar-refractivity contribution < 1.29 is 18.3 Å². The van der Waals surface area contributed by atoms with Crippen molar-refractivity contribution in [3.8, 4) is 0 Å². The van der Waals surface area contributed by atoms with Crippen LogP contribution >= 0.6 is 11.8 Å². The van der Waals surface area contributed by atoms with E-state index < -0.39 is 9.84 Å². The van der Waals surface area contributed by atoms with Gasteiger partial charge in [0, 0.05) is 23.8 Å². The fourth-order valence-electron chi connectivity index (χ4n) is 2.95. The van der Waals surface area contributed by atoms with Crippen LogP contribution in [0.5, 0.6) is 0 Å². The SMILES string of the molecule is O=C(CSC1CCS(=O)(=O)C1)NC1CCCCC1CO. The number of hydrogen-bond acceptors (Lipinski definition) is 5. The van der Waals surface area contributed by atoms with Crippen molar-refractivity contribution in [2.75, 3.05) is 23.9 Å². The molecule has 2 aliphatic rings. The molecule has 1 heterocycles. The van der Waals surface area contributed by atoms with Gasteiger partial charge in [-0.2, -0.15) is 0 Å². The number of rotatable bonds is 5. The summed E-state index contributed by atoms with van der Waals surface area (Å²) in [7, 11) is -2.87. The summed E-state index contributed by atoms with van der Waals surface area (Å²) < 4.78 is 22.7. The molecule has 3 unspecified atom stereocenters. The third-order valence-corrected chi connectivity index (χ3v) is 7.41. The highest BCUT2D eigenvalue weighted by Gasteiger charge is 2.29. The first-order chi connectivity index (χ1) is 9.50. The number of sulfone groups is 1. The normalized spacial score (nSPS) is 33.0. The summed E-state index contributed by atoms with van der Waals surface area (Å²) in [5.74, 6) is 0.901. The quantitative estimate of drug-likeness (QED) is 0.774. The number of carbonyl (C=O) groups is 1. The first-order valence-electron chi connectivity index (χ1n) is 7.22. The smallest absolute Gasteiger partial charge is 0.230 e. The van der Waals surface area contributed by atoms with Crippen molar-refractivity contribution in [3.63, 3.8) is 0 Å². The van der Waals surface area contributed by atoms with E-state index in [1.54, 1.807) is 0 Å². The topological polar surface area (TPSA) is 83.5 Å². The molecule has 20 heavy (non-hydrogen) atoms. The van der Waals surface area contributed by atoms with Crippen molar-refractivity contribution in [2.45, 2.75) is 43.4 Å². The van der Waals surface area contributed by atoms with Crippen LogP contribution in [0.2, 0.25) is 0 Å². The van der Waals surface area contributed by atoms with Gasteiger partial charge in [0.05, 0.1) is 17.3 Å². The molecular weight excluding hydrogens is 298 g/mol. The summed E-state index contributed by atoms with van der Waals surface area (Å²) in [5.41, 5.74) is 0. The maximum absolute atomic E-state index is 11.9. The third-order valence-electron chi connectivity index (χ3n) is 4.13. The maximum Gasteiger partial charge on any atom is 0.230 e. The molecule has 1 amide bonds. The lowest BCUT2D eigenvalue weighted by Crippen LogP contribution is -2.44. The molecule has 2 rings (SSSR count). The predicted molar refractivity (Wildman–Crippen MR) is 80.5 cm³/mol. The Bertz CT molecular complexity index is 438. The number of aliphatic hydroxyl groups is 1. The van der Waals surface area contributed by atoms with Crippen LogP contribution in [0, 0.1) is 5.92 Å². The van der Waals surface area contributed by atoms with Crippen molar-refractivity contribution in [3.05, 3.63) is 0 Å². The minimum absolute atomic E-state index is 0.0374. The van der Waals surface area contributed by atoms with Gasteiger partial charge in [-0.3, -0.25) is 4.79 Å². The monoisotopic (exact) mass is 321 g/mol. The number of aliphatic hydroxyl groups excluding tert-OH is 1. The largest absolute Gasteiger partial charge is 0.396 e. The Labute approximate surface area is 124 Å². The molecule has 0 aromatic heterocycles. The minimum Gasteiger partial charge on any atom is -0.396 e. The van der Waals surface area contributed by atoms with Crippen molar-refractivity contribution >= 4 is 27.5 Å². The first kappa shape index (κ1) is 16.1. The second-order valence-corrected chi connectivity index (χ2v) is 9.25. The van der Waals surface area contributed by atoms with Crippen LogP contribution in [-0.2, 0) is 14.6 Å². The van der Waals surface area contributed by atoms with Crippen molar-refractivity contribution in [2.24, 2.45) is 5.92 Å². The van der Waals surface area contributed by atoms with E-state index in [4.69, 9.17) is 0 Å². The molecule has 3 atom stereocenters. The molecule has 1 saturated heterocycles. The highest BCUT2D eigenvalue weighted by atomic mass is 32.2. The highest BCUT2D eigenvalue weighted by Crippen LogP contribution is 2.26. The standard InChI is InChI=1S/C13H23NO4S2/c15-7-10-3-1-2-4-12(10)14-13(16)8-19-11-5-6-20(17,18)9-11/h10-12,15H,1-9H2,(H,14,16). The first-order valence-corrected chi connectivity index (χ1v) is 10.1. The van der Waals surface area contributed by atoms with Gasteiger partial charge in [0.2, 0.25) is 5.91 Å². The minimum atomic E-state index is -2.87. The summed E-state index contributed by atoms with van der Waals surface area (Å²) in [6.45, 7) is 0.124. The Balaban J connectivity index is 1.72. The Morgan fingerprint density at radius 2 is 2.00 bits per heavy atom. The Kier molecular flexibility index (Phi) is 5.74. The maximum atomic E-state index is 11.9. The molecule has 0 spiro atoms. The van der Waals surface area contributed by atoms with Gasteiger partial charge in [-0.25, -0.2) is 8.42 Å². The van der Waals surface area contributed by atoms with Gasteiger partial charge in [0.1, 0.15) is 0 Å². The van der Waals surface area contributed by atoms with Crippen LogP contribution in [0.15, 0.2) is 0 Å². The van der Waals surface area contributed by atoms with E-state index in [1.807, 2.05) is 0 Å². The van der Waals surface area contributed by atoms with E-state index in [1.165, 1.54) is 11.8 Å². The number of hydrogen-bond donors (Lipinski definition) is 2. The summed E-state index contributed by atoms with van der Waals surface area (Å²) in [6.07, 6.45) is 4.76. The second kappa shape index (κ2) is 7.13. The molecule has 1 aliphatic heterocycles. The Morgan fingerprint density at radius 3 is 2.65 bits per heavy atom. The zero-order chi connectivity index (χ0) is 14.6. The lowest BCUT2D eigenvalue weighted by molar-refractivity contribution is -0.120. The van der Waals surface area contributed by atoms with Gasteiger partial charge >= 0.3 is 0 Å². The lowest BCUT2D eigenvalue weighted by atomic mass is 9.85. The van der Waals surface area contributed by atoms with Gasteiger partial charge in [0.15, 0.2) is 9.84 Å². The summed E-state index contributed by atoms with van der Waals surface area (Å²) in [5, 5.41) is 12.4. The third kappa shape index (κ3) is 4.63. The van der Waals surface area contributed by atoms with Crippen LogP contribution < -0.4 is 5.32 Å². The van der Waals surface area contributed by atoms with Crippen LogP contribution in [-0.4, -0.2) is 54.6 Å². The summed E-state index contributed by atoms with van der Waals surface area (Å²) >= 11 is 1.44. The zero-order valence-electron chi connectivity index (χ0n) is 11.6. The molecule has 2 N–H and O–H groups in total. The molecule has 2 fully saturated rings. The molecule has 116 valence electrons.